The summed E-state index contributed by atoms with van der Waals surface area (Å²) in [5, 5.41) is 7.81. The van der Waals surface area contributed by atoms with Crippen molar-refractivity contribution in [3.63, 3.8) is 0 Å². The van der Waals surface area contributed by atoms with E-state index in [1.54, 1.807) is 0 Å². The molecule has 0 heterocycles. The molecule has 0 atom stereocenters. The van der Waals surface area contributed by atoms with E-state index in [9.17, 15) is 0 Å². The summed E-state index contributed by atoms with van der Waals surface area (Å²) in [4.78, 5) is 0. The van der Waals surface area contributed by atoms with Crippen LogP contribution in [0.2, 0.25) is 0 Å². The molecule has 3 heteroatoms. The molecule has 0 aliphatic rings. The van der Waals surface area contributed by atoms with Gasteiger partial charge in [-0.25, -0.2) is 0 Å². The molecule has 1 aromatic rings. The van der Waals surface area contributed by atoms with Crippen LogP contribution in [0.1, 0.15) is 45.1 Å². The second-order valence-corrected chi connectivity index (χ2v) is 4.17. The zero-order chi connectivity index (χ0) is 13.2. The predicted octanol–water partition coefficient (Wildman–Crippen LogP) is 4.01. The molecule has 0 aromatic heterocycles. The molecule has 18 heavy (non-hydrogen) atoms. The van der Waals surface area contributed by atoms with Crippen LogP contribution >= 0.6 is 0 Å². The second-order valence-electron chi connectivity index (χ2n) is 4.17. The van der Waals surface area contributed by atoms with E-state index in [0.717, 1.165) is 17.7 Å². The van der Waals surface area contributed by atoms with E-state index >= 15 is 0 Å². The minimum Gasteiger partial charge on any atom is -0.493 e. The van der Waals surface area contributed by atoms with E-state index in [4.69, 9.17) is 14.9 Å². The highest BCUT2D eigenvalue weighted by Gasteiger charge is 2.08. The number of ether oxygens (including phenoxy) is 2. The molecule has 1 N–H and O–H groups in total. The van der Waals surface area contributed by atoms with Gasteiger partial charge in [0, 0.05) is 0 Å². The van der Waals surface area contributed by atoms with Crippen LogP contribution in [-0.4, -0.2) is 19.1 Å². The maximum Gasteiger partial charge on any atom is 0.217 e. The third-order valence-corrected chi connectivity index (χ3v) is 2.68. The summed E-state index contributed by atoms with van der Waals surface area (Å²) in [6, 6.07) is 7.57. The highest BCUT2D eigenvalue weighted by molar-refractivity contribution is 5.94. The van der Waals surface area contributed by atoms with Crippen LogP contribution in [0.4, 0.5) is 0 Å². The lowest BCUT2D eigenvalue weighted by Crippen LogP contribution is -2.08. The van der Waals surface area contributed by atoms with E-state index in [0.29, 0.717) is 13.2 Å². The van der Waals surface area contributed by atoms with Crippen molar-refractivity contribution in [3.05, 3.63) is 29.8 Å². The molecular formula is C15H23NO2. The van der Waals surface area contributed by atoms with Gasteiger partial charge in [0.1, 0.15) is 5.75 Å². The molecule has 0 amide bonds. The van der Waals surface area contributed by atoms with Crippen molar-refractivity contribution in [2.24, 2.45) is 0 Å². The molecule has 100 valence electrons. The van der Waals surface area contributed by atoms with E-state index in [-0.39, 0.29) is 5.90 Å². The van der Waals surface area contributed by atoms with Gasteiger partial charge in [0.15, 0.2) is 0 Å². The Morgan fingerprint density at radius 1 is 1.11 bits per heavy atom. The van der Waals surface area contributed by atoms with Crippen molar-refractivity contribution < 1.29 is 9.47 Å². The van der Waals surface area contributed by atoms with Gasteiger partial charge < -0.3 is 9.47 Å². The van der Waals surface area contributed by atoms with Gasteiger partial charge in [0.25, 0.3) is 0 Å². The molecule has 0 spiro atoms. The fourth-order valence-electron chi connectivity index (χ4n) is 1.71. The van der Waals surface area contributed by atoms with Gasteiger partial charge in [-0.3, -0.25) is 5.41 Å². The van der Waals surface area contributed by atoms with E-state index < -0.39 is 0 Å². The van der Waals surface area contributed by atoms with Gasteiger partial charge in [0.05, 0.1) is 18.8 Å². The highest BCUT2D eigenvalue weighted by atomic mass is 16.5. The topological polar surface area (TPSA) is 42.3 Å². The third kappa shape index (κ3) is 4.78. The summed E-state index contributed by atoms with van der Waals surface area (Å²) in [7, 11) is 0. The maximum atomic E-state index is 7.81. The fraction of sp³-hybridized carbons (Fsp3) is 0.533. The molecule has 0 aliphatic heterocycles. The lowest BCUT2D eigenvalue weighted by Gasteiger charge is -2.12. The zero-order valence-electron chi connectivity index (χ0n) is 11.4. The minimum atomic E-state index is 0.182. The summed E-state index contributed by atoms with van der Waals surface area (Å²) >= 11 is 0. The highest BCUT2D eigenvalue weighted by Crippen LogP contribution is 2.19. The molecule has 0 saturated carbocycles. The first-order chi connectivity index (χ1) is 8.79. The molecule has 1 rings (SSSR count). The van der Waals surface area contributed by atoms with Crippen molar-refractivity contribution in [1.29, 1.82) is 5.41 Å². The summed E-state index contributed by atoms with van der Waals surface area (Å²) in [5.41, 5.74) is 0.731. The van der Waals surface area contributed by atoms with Crippen LogP contribution in [0.3, 0.4) is 0 Å². The van der Waals surface area contributed by atoms with Gasteiger partial charge in [-0.15, -0.1) is 0 Å². The Balaban J connectivity index is 2.51. The van der Waals surface area contributed by atoms with Crippen LogP contribution in [0.25, 0.3) is 0 Å². The molecule has 0 radical (unpaired) electrons. The maximum absolute atomic E-state index is 7.81. The van der Waals surface area contributed by atoms with Crippen LogP contribution in [0, 0.1) is 5.41 Å². The molecule has 0 bridgehead atoms. The van der Waals surface area contributed by atoms with Crippen LogP contribution in [-0.2, 0) is 4.74 Å². The zero-order valence-corrected chi connectivity index (χ0v) is 11.4. The van der Waals surface area contributed by atoms with Crippen molar-refractivity contribution in [2.45, 2.75) is 39.5 Å². The van der Waals surface area contributed by atoms with Crippen molar-refractivity contribution in [3.8, 4) is 5.75 Å². The summed E-state index contributed by atoms with van der Waals surface area (Å²) in [6.45, 7) is 5.28. The molecule has 0 aliphatic carbocycles. The Kier molecular flexibility index (Phi) is 6.92. The largest absolute Gasteiger partial charge is 0.493 e. The second kappa shape index (κ2) is 8.56. The lowest BCUT2D eigenvalue weighted by atomic mass is 10.2. The molecular weight excluding hydrogens is 226 g/mol. The summed E-state index contributed by atoms with van der Waals surface area (Å²) in [6.07, 6.45) is 4.73. The quantitative estimate of drug-likeness (QED) is 0.430. The van der Waals surface area contributed by atoms with Gasteiger partial charge >= 0.3 is 0 Å². The Morgan fingerprint density at radius 2 is 1.89 bits per heavy atom. The van der Waals surface area contributed by atoms with Gasteiger partial charge in [-0.1, -0.05) is 38.3 Å². The molecule has 0 unspecified atom stereocenters. The van der Waals surface area contributed by atoms with Crippen molar-refractivity contribution in [1.82, 2.24) is 0 Å². The Morgan fingerprint density at radius 3 is 2.61 bits per heavy atom. The van der Waals surface area contributed by atoms with E-state index in [2.05, 4.69) is 6.92 Å². The number of rotatable bonds is 8. The normalized spacial score (nSPS) is 10.1. The first-order valence-corrected chi connectivity index (χ1v) is 6.73. The van der Waals surface area contributed by atoms with Gasteiger partial charge in [-0.05, 0) is 25.5 Å². The van der Waals surface area contributed by atoms with Crippen molar-refractivity contribution >= 4 is 5.90 Å². The average Bonchev–Trinajstić information content (AvgIpc) is 2.39. The Hall–Kier alpha value is -1.51. The molecule has 1 aromatic carbocycles. The summed E-state index contributed by atoms with van der Waals surface area (Å²) < 4.78 is 10.9. The fourth-order valence-corrected chi connectivity index (χ4v) is 1.71. The Labute approximate surface area is 110 Å². The first-order valence-electron chi connectivity index (χ1n) is 6.73. The van der Waals surface area contributed by atoms with Crippen LogP contribution < -0.4 is 4.74 Å². The summed E-state index contributed by atoms with van der Waals surface area (Å²) in [5.74, 6) is 0.925. The predicted molar refractivity (Wildman–Crippen MR) is 74.5 cm³/mol. The van der Waals surface area contributed by atoms with Crippen LogP contribution in [0.15, 0.2) is 24.3 Å². The number of unbranched alkanes of at least 4 members (excludes halogenated alkanes) is 3. The number of hydrogen-bond acceptors (Lipinski definition) is 3. The number of nitrogens with one attached hydrogen (secondary N) is 1. The average molecular weight is 249 g/mol. The van der Waals surface area contributed by atoms with Gasteiger partial charge in [-0.2, -0.15) is 0 Å². The van der Waals surface area contributed by atoms with Crippen molar-refractivity contribution in [2.75, 3.05) is 13.2 Å². The SMILES string of the molecule is CCCCCCOc1ccccc1C(=N)OCC. The lowest BCUT2D eigenvalue weighted by molar-refractivity contribution is 0.297. The number of para-hydroxylation sites is 1. The first kappa shape index (κ1) is 14.6. The number of benzene rings is 1. The monoisotopic (exact) mass is 249 g/mol. The van der Waals surface area contributed by atoms with Crippen LogP contribution in [0.5, 0.6) is 5.75 Å². The van der Waals surface area contributed by atoms with E-state index in [1.165, 1.54) is 19.3 Å². The molecule has 3 nitrogen and oxygen atoms in total. The minimum absolute atomic E-state index is 0.182. The number of hydrogen-bond donors (Lipinski definition) is 1. The standard InChI is InChI=1S/C15H23NO2/c1-3-5-6-9-12-18-14-11-8-7-10-13(14)15(16)17-4-2/h7-8,10-11,16H,3-6,9,12H2,1-2H3. The third-order valence-electron chi connectivity index (χ3n) is 2.68. The molecule has 0 fully saturated rings. The Bertz CT molecular complexity index is 363. The van der Waals surface area contributed by atoms with E-state index in [1.807, 2.05) is 31.2 Å². The van der Waals surface area contributed by atoms with Gasteiger partial charge in [0.2, 0.25) is 5.90 Å². The smallest absolute Gasteiger partial charge is 0.217 e. The molecule has 0 saturated heterocycles.